The number of fused-ring (bicyclic) bond motifs is 1. The van der Waals surface area contributed by atoms with Gasteiger partial charge in [-0.15, -0.1) is 0 Å². The predicted molar refractivity (Wildman–Crippen MR) is 85.7 cm³/mol. The summed E-state index contributed by atoms with van der Waals surface area (Å²) >= 11 is 5.66. The number of nitrogens with zero attached hydrogens (tertiary/aromatic N) is 3. The van der Waals surface area contributed by atoms with Crippen LogP contribution < -0.4 is 0 Å². The molecule has 1 aliphatic heterocycles. The van der Waals surface area contributed by atoms with Crippen molar-refractivity contribution in [3.63, 3.8) is 0 Å². The summed E-state index contributed by atoms with van der Waals surface area (Å²) in [5, 5.41) is 0.00643. The minimum absolute atomic E-state index is 0.00643. The van der Waals surface area contributed by atoms with E-state index in [0.29, 0.717) is 13.1 Å². The number of halogens is 2. The van der Waals surface area contributed by atoms with Crippen LogP contribution in [0.4, 0.5) is 4.39 Å². The maximum Gasteiger partial charge on any atom is 0.254 e. The molecule has 1 aromatic heterocycles. The highest BCUT2D eigenvalue weighted by Gasteiger charge is 2.28. The molecule has 0 bridgehead atoms. The summed E-state index contributed by atoms with van der Waals surface area (Å²) in [7, 11) is 0. The Morgan fingerprint density at radius 2 is 2.04 bits per heavy atom. The molecule has 0 saturated carbocycles. The molecule has 0 unspecified atom stereocenters. The lowest BCUT2D eigenvalue weighted by Crippen LogP contribution is -2.25. The van der Waals surface area contributed by atoms with Gasteiger partial charge in [-0.1, -0.05) is 32.4 Å². The summed E-state index contributed by atoms with van der Waals surface area (Å²) in [4.78, 5) is 23.1. The molecule has 0 aliphatic carbocycles. The van der Waals surface area contributed by atoms with Gasteiger partial charge >= 0.3 is 0 Å². The molecular weight excluding hydrogens is 317 g/mol. The molecule has 23 heavy (non-hydrogen) atoms. The van der Waals surface area contributed by atoms with Crippen molar-refractivity contribution in [2.45, 2.75) is 39.3 Å². The molecule has 1 aliphatic rings. The van der Waals surface area contributed by atoms with Crippen LogP contribution in [0.2, 0.25) is 5.02 Å². The smallest absolute Gasteiger partial charge is 0.254 e. The second-order valence-corrected chi connectivity index (χ2v) is 7.11. The molecule has 1 amide bonds. The Labute approximate surface area is 139 Å². The van der Waals surface area contributed by atoms with Gasteiger partial charge in [0.15, 0.2) is 0 Å². The first-order valence-corrected chi connectivity index (χ1v) is 7.73. The summed E-state index contributed by atoms with van der Waals surface area (Å²) in [5.41, 5.74) is 1.92. The number of amides is 1. The molecule has 0 radical (unpaired) electrons. The summed E-state index contributed by atoms with van der Waals surface area (Å²) in [6, 6.07) is 4.09. The van der Waals surface area contributed by atoms with Gasteiger partial charge in [0.2, 0.25) is 0 Å². The van der Waals surface area contributed by atoms with E-state index in [0.717, 1.165) is 17.1 Å². The van der Waals surface area contributed by atoms with Gasteiger partial charge in [0, 0.05) is 29.3 Å². The van der Waals surface area contributed by atoms with Gasteiger partial charge in [0.25, 0.3) is 5.91 Å². The van der Waals surface area contributed by atoms with Crippen molar-refractivity contribution in [1.29, 1.82) is 0 Å². The Hall–Kier alpha value is -2.01. The van der Waals surface area contributed by atoms with Crippen molar-refractivity contribution < 1.29 is 9.18 Å². The fourth-order valence-electron chi connectivity index (χ4n) is 2.47. The maximum absolute atomic E-state index is 13.5. The second kappa shape index (κ2) is 5.57. The molecule has 2 aromatic rings. The first-order chi connectivity index (χ1) is 10.8. The molecular formula is C17H17ClFN3O. The van der Waals surface area contributed by atoms with Gasteiger partial charge in [-0.05, 0) is 18.2 Å². The van der Waals surface area contributed by atoms with E-state index in [1.807, 2.05) is 20.8 Å². The average Bonchev–Trinajstić information content (AvgIpc) is 2.91. The average molecular weight is 334 g/mol. The monoisotopic (exact) mass is 333 g/mol. The zero-order valence-corrected chi connectivity index (χ0v) is 14.0. The van der Waals surface area contributed by atoms with Gasteiger partial charge in [0.05, 0.1) is 17.3 Å². The highest BCUT2D eigenvalue weighted by molar-refractivity contribution is 6.30. The third kappa shape index (κ3) is 3.06. The Balaban J connectivity index is 1.84. The van der Waals surface area contributed by atoms with Crippen molar-refractivity contribution in [1.82, 2.24) is 14.9 Å². The summed E-state index contributed by atoms with van der Waals surface area (Å²) in [5.74, 6) is -0.0806. The maximum atomic E-state index is 13.5. The third-order valence-electron chi connectivity index (χ3n) is 3.78. The van der Waals surface area contributed by atoms with E-state index in [1.165, 1.54) is 18.2 Å². The standard InChI is InChI=1S/C17H17ClFN3O/c1-17(2,3)16-20-7-11-8-22(9-14(11)21-16)15(23)10-4-5-12(18)13(19)6-10/h4-7H,8-9H2,1-3H3. The first kappa shape index (κ1) is 15.9. The van der Waals surface area contributed by atoms with E-state index in [4.69, 9.17) is 11.6 Å². The first-order valence-electron chi connectivity index (χ1n) is 7.35. The lowest BCUT2D eigenvalue weighted by molar-refractivity contribution is 0.0750. The number of carbonyl (C=O) groups is 1. The Morgan fingerprint density at radius 3 is 2.70 bits per heavy atom. The lowest BCUT2D eigenvalue weighted by Gasteiger charge is -2.16. The molecule has 0 fully saturated rings. The van der Waals surface area contributed by atoms with Crippen LogP contribution in [0.1, 0.15) is 48.2 Å². The van der Waals surface area contributed by atoms with Crippen LogP contribution in [0.5, 0.6) is 0 Å². The van der Waals surface area contributed by atoms with Crippen LogP contribution in [-0.2, 0) is 18.5 Å². The van der Waals surface area contributed by atoms with E-state index in [1.54, 1.807) is 11.1 Å². The van der Waals surface area contributed by atoms with Crippen molar-refractivity contribution in [2.75, 3.05) is 0 Å². The third-order valence-corrected chi connectivity index (χ3v) is 4.09. The summed E-state index contributed by atoms with van der Waals surface area (Å²) < 4.78 is 13.5. The molecule has 2 heterocycles. The molecule has 6 heteroatoms. The lowest BCUT2D eigenvalue weighted by atomic mass is 9.95. The van der Waals surface area contributed by atoms with E-state index in [-0.39, 0.29) is 21.9 Å². The van der Waals surface area contributed by atoms with Crippen molar-refractivity contribution in [3.05, 3.63) is 57.9 Å². The van der Waals surface area contributed by atoms with Crippen LogP contribution in [0.15, 0.2) is 24.4 Å². The van der Waals surface area contributed by atoms with Crippen LogP contribution in [-0.4, -0.2) is 20.8 Å². The normalized spacial score (nSPS) is 14.0. The highest BCUT2D eigenvalue weighted by atomic mass is 35.5. The van der Waals surface area contributed by atoms with Crippen molar-refractivity contribution in [2.24, 2.45) is 0 Å². The summed E-state index contributed by atoms with van der Waals surface area (Å²) in [6.45, 7) is 6.97. The largest absolute Gasteiger partial charge is 0.328 e. The minimum atomic E-state index is -0.593. The predicted octanol–water partition coefficient (Wildman–Crippen LogP) is 3.72. The number of aromatic nitrogens is 2. The Bertz CT molecular complexity index is 786. The zero-order valence-electron chi connectivity index (χ0n) is 13.2. The number of carbonyl (C=O) groups excluding carboxylic acids is 1. The number of hydrogen-bond acceptors (Lipinski definition) is 3. The molecule has 0 atom stereocenters. The van der Waals surface area contributed by atoms with Gasteiger partial charge in [-0.3, -0.25) is 4.79 Å². The molecule has 120 valence electrons. The van der Waals surface area contributed by atoms with E-state index in [2.05, 4.69) is 9.97 Å². The molecule has 3 rings (SSSR count). The van der Waals surface area contributed by atoms with Gasteiger partial charge in [-0.2, -0.15) is 0 Å². The van der Waals surface area contributed by atoms with Crippen molar-refractivity contribution >= 4 is 17.5 Å². The van der Waals surface area contributed by atoms with Crippen LogP contribution in [0.3, 0.4) is 0 Å². The highest BCUT2D eigenvalue weighted by Crippen LogP contribution is 2.26. The fraction of sp³-hybridized carbons (Fsp3) is 0.353. The number of rotatable bonds is 1. The second-order valence-electron chi connectivity index (χ2n) is 6.71. The number of hydrogen-bond donors (Lipinski definition) is 0. The van der Waals surface area contributed by atoms with E-state index < -0.39 is 5.82 Å². The van der Waals surface area contributed by atoms with Gasteiger partial charge in [-0.25, -0.2) is 14.4 Å². The van der Waals surface area contributed by atoms with Crippen LogP contribution in [0, 0.1) is 5.82 Å². The zero-order chi connectivity index (χ0) is 16.8. The SMILES string of the molecule is CC(C)(C)c1ncc2c(n1)CN(C(=O)c1ccc(Cl)c(F)c1)C2. The van der Waals surface area contributed by atoms with Crippen LogP contribution >= 0.6 is 11.6 Å². The molecule has 4 nitrogen and oxygen atoms in total. The molecule has 0 N–H and O–H groups in total. The summed E-state index contributed by atoms with van der Waals surface area (Å²) in [6.07, 6.45) is 1.78. The van der Waals surface area contributed by atoms with Crippen molar-refractivity contribution in [3.8, 4) is 0 Å². The van der Waals surface area contributed by atoms with Gasteiger partial charge in [0.1, 0.15) is 11.6 Å². The Kier molecular flexibility index (Phi) is 3.84. The fourth-order valence-corrected chi connectivity index (χ4v) is 2.59. The molecule has 1 aromatic carbocycles. The quantitative estimate of drug-likeness (QED) is 0.799. The Morgan fingerprint density at radius 1 is 1.30 bits per heavy atom. The van der Waals surface area contributed by atoms with E-state index >= 15 is 0 Å². The van der Waals surface area contributed by atoms with Crippen LogP contribution in [0.25, 0.3) is 0 Å². The van der Waals surface area contributed by atoms with Gasteiger partial charge < -0.3 is 4.90 Å². The van der Waals surface area contributed by atoms with E-state index in [9.17, 15) is 9.18 Å². The molecule has 0 saturated heterocycles. The number of benzene rings is 1. The topological polar surface area (TPSA) is 46.1 Å². The molecule has 0 spiro atoms. The minimum Gasteiger partial charge on any atom is -0.328 e.